The molecule has 256 valence electrons. The van der Waals surface area contributed by atoms with Crippen molar-refractivity contribution in [2.24, 2.45) is 0 Å². The van der Waals surface area contributed by atoms with Gasteiger partial charge in [0.05, 0.1) is 12.9 Å². The van der Waals surface area contributed by atoms with Crippen LogP contribution in [0.25, 0.3) is 11.2 Å². The number of benzene rings is 2. The van der Waals surface area contributed by atoms with Gasteiger partial charge in [0.15, 0.2) is 23.2 Å². The molecule has 3 heterocycles. The maximum atomic E-state index is 14.6. The van der Waals surface area contributed by atoms with Crippen molar-refractivity contribution in [1.29, 1.82) is 0 Å². The normalized spacial score (nSPS) is 23.7. The first-order valence-corrected chi connectivity index (χ1v) is 18.7. The maximum Gasteiger partial charge on any atom is 0.696 e. The highest BCUT2D eigenvalue weighted by Gasteiger charge is 2.50. The van der Waals surface area contributed by atoms with Crippen LogP contribution in [0.3, 0.4) is 0 Å². The lowest BCUT2D eigenvalue weighted by Crippen LogP contribution is -2.34. The van der Waals surface area contributed by atoms with Crippen LogP contribution in [-0.2, 0) is 22.9 Å². The molecular weight excluding hydrogens is 731 g/mol. The molecule has 4 aromatic rings. The lowest BCUT2D eigenvalue weighted by molar-refractivity contribution is -0.0491. The number of ether oxygens (including phenoxy) is 1. The van der Waals surface area contributed by atoms with Crippen molar-refractivity contribution in [3.05, 3.63) is 75.8 Å². The van der Waals surface area contributed by atoms with E-state index in [0.29, 0.717) is 11.3 Å². The Kier molecular flexibility index (Phi) is 10.9. The number of fused-ring (bicyclic) bond motifs is 1. The molecule has 1 aliphatic heterocycles. The van der Waals surface area contributed by atoms with Gasteiger partial charge in [0.2, 0.25) is 5.28 Å². The van der Waals surface area contributed by atoms with Gasteiger partial charge in [0.25, 0.3) is 5.85 Å². The van der Waals surface area contributed by atoms with E-state index in [1.54, 1.807) is 12.1 Å². The van der Waals surface area contributed by atoms with E-state index in [1.165, 1.54) is 47.3 Å². The minimum absolute atomic E-state index is 0.000233. The molecule has 6 rings (SSSR count). The molecular formula is C29H31Cl3N5O9P2+. The molecule has 48 heavy (non-hydrogen) atoms. The van der Waals surface area contributed by atoms with Gasteiger partial charge in [0, 0.05) is 33.3 Å². The molecule has 0 radical (unpaired) electrons. The van der Waals surface area contributed by atoms with E-state index in [1.807, 2.05) is 11.9 Å². The topological polar surface area (TPSA) is 179 Å². The van der Waals surface area contributed by atoms with Gasteiger partial charge in [-0.1, -0.05) is 58.8 Å². The van der Waals surface area contributed by atoms with Crippen LogP contribution < -0.4 is 9.42 Å². The molecule has 3 unspecified atom stereocenters. The fraction of sp³-hybridized carbons (Fsp3) is 0.414. The molecule has 0 amide bonds. The smallest absolute Gasteiger partial charge is 0.422 e. The Balaban J connectivity index is 1.29. The Morgan fingerprint density at radius 1 is 1.08 bits per heavy atom. The van der Waals surface area contributed by atoms with Gasteiger partial charge in [-0.2, -0.15) is 9.97 Å². The van der Waals surface area contributed by atoms with Crippen molar-refractivity contribution in [1.82, 2.24) is 19.5 Å². The fourth-order valence-corrected chi connectivity index (χ4v) is 9.01. The van der Waals surface area contributed by atoms with E-state index in [0.717, 1.165) is 25.7 Å². The Hall–Kier alpha value is -2.45. The Morgan fingerprint density at radius 2 is 1.79 bits per heavy atom. The van der Waals surface area contributed by atoms with Crippen molar-refractivity contribution in [2.75, 3.05) is 18.6 Å². The zero-order chi connectivity index (χ0) is 34.2. The number of hydrogen-bond donors (Lipinski definition) is 3. The summed E-state index contributed by atoms with van der Waals surface area (Å²) in [5.41, 5.74) is 0.803. The highest BCUT2D eigenvalue weighted by Crippen LogP contribution is 2.63. The third kappa shape index (κ3) is 7.50. The van der Waals surface area contributed by atoms with E-state index >= 15 is 0 Å². The first-order chi connectivity index (χ1) is 22.9. The summed E-state index contributed by atoms with van der Waals surface area (Å²) >= 11 is 18.6. The number of anilines is 1. The first-order valence-electron chi connectivity index (χ1n) is 14.9. The minimum atomic E-state index is -4.64. The number of imidazole rings is 1. The third-order valence-corrected chi connectivity index (χ3v) is 11.4. The zero-order valence-corrected chi connectivity index (χ0v) is 29.3. The van der Waals surface area contributed by atoms with Gasteiger partial charge < -0.3 is 24.4 Å². The summed E-state index contributed by atoms with van der Waals surface area (Å²) in [4.78, 5) is 25.0. The van der Waals surface area contributed by atoms with Crippen LogP contribution in [0, 0.1) is 0 Å². The van der Waals surface area contributed by atoms with Crippen LogP contribution >= 0.6 is 50.7 Å². The Morgan fingerprint density at radius 3 is 2.48 bits per heavy atom. The van der Waals surface area contributed by atoms with E-state index < -0.39 is 52.8 Å². The minimum Gasteiger partial charge on any atom is -0.422 e. The molecule has 0 spiro atoms. The summed E-state index contributed by atoms with van der Waals surface area (Å²) in [5, 5.41) is 22.6. The molecule has 2 aliphatic rings. The molecule has 2 aromatic carbocycles. The average molecular weight is 762 g/mol. The number of aromatic nitrogens is 4. The molecule has 0 bridgehead atoms. The van der Waals surface area contributed by atoms with Crippen LogP contribution in [0.2, 0.25) is 15.3 Å². The van der Waals surface area contributed by atoms with Crippen LogP contribution in [-0.4, -0.2) is 72.6 Å². The molecule has 1 saturated heterocycles. The van der Waals surface area contributed by atoms with E-state index in [9.17, 15) is 24.2 Å². The molecule has 2 aromatic heterocycles. The van der Waals surface area contributed by atoms with Crippen LogP contribution in [0.1, 0.15) is 43.3 Å². The number of rotatable bonds is 12. The summed E-state index contributed by atoms with van der Waals surface area (Å²) in [6, 6.07) is 12.1. The number of nitrogens with zero attached hydrogens (tertiary/aromatic N) is 5. The molecule has 1 saturated carbocycles. The molecule has 3 N–H and O–H groups in total. The molecule has 2 fully saturated rings. The number of aliphatic hydroxyl groups is 2. The largest absolute Gasteiger partial charge is 0.696 e. The van der Waals surface area contributed by atoms with Crippen molar-refractivity contribution in [3.8, 4) is 5.75 Å². The summed E-state index contributed by atoms with van der Waals surface area (Å²) in [6.45, 7) is -0.618. The van der Waals surface area contributed by atoms with Crippen molar-refractivity contribution in [2.45, 2.75) is 62.1 Å². The van der Waals surface area contributed by atoms with Gasteiger partial charge in [-0.05, 0) is 54.8 Å². The third-order valence-electron chi connectivity index (χ3n) is 8.25. The van der Waals surface area contributed by atoms with E-state index in [-0.39, 0.29) is 38.3 Å². The number of halogens is 3. The van der Waals surface area contributed by atoms with Crippen LogP contribution in [0.4, 0.5) is 5.82 Å². The predicted octanol–water partition coefficient (Wildman–Crippen LogP) is 6.44. The SMILES string of the molecule is CN(c1nc(Cl)nc2c1ncn2[C@@H]1O[C@H](COP(=O)(Oc2cccc(Cl)c2)C(O[P+](=O)O)c2cccc(Cl)c2)[C@@H](O)[C@H]1O)C1CCCC1. The molecule has 7 atom stereocenters. The van der Waals surface area contributed by atoms with Gasteiger partial charge in [-0.3, -0.25) is 9.09 Å². The lowest BCUT2D eigenvalue weighted by Gasteiger charge is -2.26. The van der Waals surface area contributed by atoms with Gasteiger partial charge in [0.1, 0.15) is 24.1 Å². The van der Waals surface area contributed by atoms with Crippen LogP contribution in [0.5, 0.6) is 5.75 Å². The Bertz CT molecular complexity index is 1850. The molecule has 14 nitrogen and oxygen atoms in total. The van der Waals surface area contributed by atoms with E-state index in [2.05, 4.69) is 15.0 Å². The highest BCUT2D eigenvalue weighted by atomic mass is 35.5. The van der Waals surface area contributed by atoms with Crippen molar-refractivity contribution >= 4 is 67.6 Å². The standard InChI is InChI=1S/C29H30Cl3N5O9P2/c1-36(19-9-2-3-10-19)25-22-26(35-29(32)34-25)37(15-33-22)27-24(39)23(38)21(44-27)14-43-48(42,46-20-11-5-8-18(31)13-20)28(45-47(40)41)16-6-4-7-17(30)12-16/h4-8,11-13,15,19,21,23-24,27-28,38-39H,2-3,9-10,14H2,1H3/p+1/t21-,23-,24-,27-,28?,48?/m1/s1. The number of hydrogen-bond acceptors (Lipinski definition) is 12. The average Bonchev–Trinajstić information content (AvgIpc) is 3.79. The number of aliphatic hydroxyl groups excluding tert-OH is 2. The highest BCUT2D eigenvalue weighted by molar-refractivity contribution is 7.55. The quantitative estimate of drug-likeness (QED) is 0.106. The van der Waals surface area contributed by atoms with Gasteiger partial charge >= 0.3 is 15.9 Å². The van der Waals surface area contributed by atoms with Gasteiger partial charge in [-0.25, -0.2) is 9.55 Å². The molecule has 19 heteroatoms. The second-order valence-corrected chi connectivity index (χ2v) is 15.3. The van der Waals surface area contributed by atoms with Gasteiger partial charge in [-0.15, -0.1) is 4.89 Å². The van der Waals surface area contributed by atoms with Crippen molar-refractivity contribution < 1.29 is 42.5 Å². The van der Waals surface area contributed by atoms with Crippen LogP contribution in [0.15, 0.2) is 54.9 Å². The summed E-state index contributed by atoms with van der Waals surface area (Å²) in [7, 11) is -6.05. The Labute approximate surface area is 291 Å². The molecule has 1 aliphatic carbocycles. The fourth-order valence-electron chi connectivity index (χ4n) is 5.91. The maximum absolute atomic E-state index is 14.6. The second kappa shape index (κ2) is 14.8. The summed E-state index contributed by atoms with van der Waals surface area (Å²) in [5.74, 6) is -1.23. The monoisotopic (exact) mass is 760 g/mol. The lowest BCUT2D eigenvalue weighted by atomic mass is 10.1. The van der Waals surface area contributed by atoms with E-state index in [4.69, 9.17) is 53.1 Å². The first kappa shape index (κ1) is 35.4. The summed E-state index contributed by atoms with van der Waals surface area (Å²) < 4.78 is 50.8. The zero-order valence-electron chi connectivity index (χ0n) is 25.3. The second-order valence-electron chi connectivity index (χ2n) is 11.4. The summed E-state index contributed by atoms with van der Waals surface area (Å²) in [6.07, 6.45) is 0.0644. The van der Waals surface area contributed by atoms with Crippen molar-refractivity contribution in [3.63, 3.8) is 0 Å². The predicted molar refractivity (Wildman–Crippen MR) is 178 cm³/mol.